The number of Topliss-reactive ketones (excluding diaryl/α,β-unsaturated/α-hetero) is 1. The van der Waals surface area contributed by atoms with Crippen LogP contribution in [0, 0.1) is 6.92 Å². The van der Waals surface area contributed by atoms with Crippen LogP contribution in [0.5, 0.6) is 0 Å². The highest BCUT2D eigenvalue weighted by atomic mass is 127. The van der Waals surface area contributed by atoms with E-state index in [0.717, 1.165) is 5.56 Å². The Hall–Kier alpha value is -2.46. The third kappa shape index (κ3) is 9.38. The number of alkyl halides is 1. The molecule has 0 aliphatic carbocycles. The number of nitrogens with one attached hydrogen (secondary N) is 3. The molecule has 2 rings (SSSR count). The molecule has 1 heterocycles. The first-order valence-corrected chi connectivity index (χ1v) is 14.0. The lowest BCUT2D eigenvalue weighted by Gasteiger charge is -2.28. The number of amides is 3. The number of ketones is 1. The number of carbonyl (C=O) groups excluding carboxylic acids is 4. The fourth-order valence-electron chi connectivity index (χ4n) is 3.44. The third-order valence-electron chi connectivity index (χ3n) is 5.47. The number of halogens is 1. The summed E-state index contributed by atoms with van der Waals surface area (Å²) in [6.45, 7) is 2.80. The molecule has 13 heteroatoms. The first kappa shape index (κ1) is 31.8. The first-order valence-electron chi connectivity index (χ1n) is 11.7. The number of benzene rings is 1. The molecule has 11 nitrogen and oxygen atoms in total. The maximum atomic E-state index is 13.2. The van der Waals surface area contributed by atoms with Gasteiger partial charge in [-0.25, -0.2) is 4.98 Å². The number of thiazole rings is 1. The Balaban J connectivity index is 2.18. The number of ether oxygens (including phenoxy) is 2. The molecule has 0 radical (unpaired) electrons. The van der Waals surface area contributed by atoms with Crippen molar-refractivity contribution in [2.45, 2.75) is 44.0 Å². The number of aromatic nitrogens is 1. The van der Waals surface area contributed by atoms with Gasteiger partial charge in [-0.15, -0.1) is 11.3 Å². The van der Waals surface area contributed by atoms with E-state index < -0.39 is 47.2 Å². The van der Waals surface area contributed by atoms with Crippen molar-refractivity contribution >= 4 is 57.4 Å². The number of nitrogens with zero attached hydrogens (tertiary/aromatic N) is 1. The van der Waals surface area contributed by atoms with Gasteiger partial charge in [-0.1, -0.05) is 52.9 Å². The zero-order valence-corrected chi connectivity index (χ0v) is 24.6. The van der Waals surface area contributed by atoms with E-state index in [-0.39, 0.29) is 24.1 Å². The normalized spacial score (nSPS) is 15.0. The Morgan fingerprint density at radius 1 is 1.00 bits per heavy atom. The molecule has 4 atom stereocenters. The second-order valence-electron chi connectivity index (χ2n) is 8.76. The van der Waals surface area contributed by atoms with Gasteiger partial charge in [0, 0.05) is 18.6 Å². The summed E-state index contributed by atoms with van der Waals surface area (Å²) in [6.07, 6.45) is 1.55. The summed E-state index contributed by atoms with van der Waals surface area (Å²) in [5, 5.41) is 19.1. The van der Waals surface area contributed by atoms with Gasteiger partial charge in [0.2, 0.25) is 11.8 Å². The molecule has 0 saturated heterocycles. The molecule has 0 aliphatic heterocycles. The maximum absolute atomic E-state index is 13.2. The van der Waals surface area contributed by atoms with Crippen molar-refractivity contribution in [3.63, 3.8) is 0 Å². The molecule has 0 spiro atoms. The van der Waals surface area contributed by atoms with Crippen LogP contribution in [-0.4, -0.2) is 89.2 Å². The second-order valence-corrected chi connectivity index (χ2v) is 10.8. The van der Waals surface area contributed by atoms with Crippen molar-refractivity contribution in [3.8, 4) is 0 Å². The summed E-state index contributed by atoms with van der Waals surface area (Å²) in [5.74, 6) is -2.42. The summed E-state index contributed by atoms with van der Waals surface area (Å²) in [5.41, 5.74) is -0.889. The molecular formula is C25H33IN4O7S. The minimum atomic E-state index is -1.67. The van der Waals surface area contributed by atoms with Crippen LogP contribution in [-0.2, 0) is 30.3 Å². The van der Waals surface area contributed by atoms with Crippen molar-refractivity contribution in [3.05, 3.63) is 52.0 Å². The Morgan fingerprint density at radius 3 is 2.05 bits per heavy atom. The predicted molar refractivity (Wildman–Crippen MR) is 150 cm³/mol. The van der Waals surface area contributed by atoms with E-state index >= 15 is 0 Å². The van der Waals surface area contributed by atoms with E-state index in [2.05, 4.69) is 20.9 Å². The van der Waals surface area contributed by atoms with Crippen LogP contribution in [0.2, 0.25) is 0 Å². The lowest BCUT2D eigenvalue weighted by molar-refractivity contribution is -0.139. The van der Waals surface area contributed by atoms with Crippen molar-refractivity contribution in [2.24, 2.45) is 0 Å². The lowest BCUT2D eigenvalue weighted by atomic mass is 9.92. The first-order chi connectivity index (χ1) is 18.0. The number of carbonyl (C=O) groups is 4. The van der Waals surface area contributed by atoms with Crippen molar-refractivity contribution in [2.75, 3.05) is 31.9 Å². The molecule has 2 aromatic rings. The van der Waals surface area contributed by atoms with E-state index in [1.54, 1.807) is 19.1 Å². The van der Waals surface area contributed by atoms with Gasteiger partial charge in [-0.3, -0.25) is 19.2 Å². The van der Waals surface area contributed by atoms with E-state index in [1.807, 2.05) is 40.8 Å². The standard InChI is InChI=1S/C25H33IN4O7S/c1-15-27-11-20(38-15)24(34)30-19(13-37-4)23(33)29-18(12-36-3)22(32)28-17(21(31)25(2,35)14-26)10-16-8-6-5-7-9-16/h5-9,11,17-19,35H,10,12-14H2,1-4H3,(H,28,32)(H,29,33)(H,30,34)/t17-,18-,19-,25?/m0/s1. The van der Waals surface area contributed by atoms with Crippen molar-refractivity contribution in [1.29, 1.82) is 0 Å². The third-order valence-corrected chi connectivity index (χ3v) is 7.87. The van der Waals surface area contributed by atoms with E-state index in [9.17, 15) is 24.3 Å². The number of aryl methyl sites for hydroxylation is 1. The van der Waals surface area contributed by atoms with E-state index in [0.29, 0.717) is 9.88 Å². The summed E-state index contributed by atoms with van der Waals surface area (Å²) >= 11 is 3.08. The van der Waals surface area contributed by atoms with Crippen molar-refractivity contribution in [1.82, 2.24) is 20.9 Å². The Kier molecular flexibility index (Phi) is 12.7. The van der Waals surface area contributed by atoms with Crippen LogP contribution in [0.3, 0.4) is 0 Å². The van der Waals surface area contributed by atoms with Gasteiger partial charge in [-0.2, -0.15) is 0 Å². The summed E-state index contributed by atoms with van der Waals surface area (Å²) in [6, 6.07) is 5.70. The van der Waals surface area contributed by atoms with Gasteiger partial charge in [0.1, 0.15) is 22.6 Å². The molecule has 1 aromatic heterocycles. The minimum Gasteiger partial charge on any atom is -0.382 e. The largest absolute Gasteiger partial charge is 0.382 e. The predicted octanol–water partition coefficient (Wildman–Crippen LogP) is 0.810. The van der Waals surface area contributed by atoms with Crippen LogP contribution in [0.15, 0.2) is 36.5 Å². The number of rotatable bonds is 15. The lowest BCUT2D eigenvalue weighted by Crippen LogP contribution is -2.60. The van der Waals surface area contributed by atoms with Crippen LogP contribution in [0.25, 0.3) is 0 Å². The SMILES string of the molecule is COC[C@H](NC(=O)c1cnc(C)s1)C(=O)N[C@@H](COC)C(=O)N[C@@H](Cc1ccccc1)C(=O)C(C)(O)CI. The molecule has 0 bridgehead atoms. The molecule has 1 unspecified atom stereocenters. The molecule has 0 fully saturated rings. The smallest absolute Gasteiger partial charge is 0.263 e. The highest BCUT2D eigenvalue weighted by molar-refractivity contribution is 14.1. The fraction of sp³-hybridized carbons (Fsp3) is 0.480. The highest BCUT2D eigenvalue weighted by Gasteiger charge is 2.37. The zero-order chi connectivity index (χ0) is 28.3. The van der Waals surface area contributed by atoms with Crippen LogP contribution < -0.4 is 16.0 Å². The average Bonchev–Trinajstić information content (AvgIpc) is 3.34. The van der Waals surface area contributed by atoms with Gasteiger partial charge < -0.3 is 30.5 Å². The molecule has 38 heavy (non-hydrogen) atoms. The van der Waals surface area contributed by atoms with Gasteiger partial charge >= 0.3 is 0 Å². The summed E-state index contributed by atoms with van der Waals surface area (Å²) in [7, 11) is 2.74. The van der Waals surface area contributed by atoms with Gasteiger partial charge in [0.25, 0.3) is 5.91 Å². The topological polar surface area (TPSA) is 156 Å². The Labute approximate surface area is 239 Å². The Bertz CT molecular complexity index is 1100. The van der Waals surface area contributed by atoms with Gasteiger partial charge in [0.15, 0.2) is 5.78 Å². The quantitative estimate of drug-likeness (QED) is 0.162. The highest BCUT2D eigenvalue weighted by Crippen LogP contribution is 2.15. The molecule has 1 aromatic carbocycles. The zero-order valence-electron chi connectivity index (χ0n) is 21.7. The second kappa shape index (κ2) is 15.2. The number of methoxy groups -OCH3 is 2. The summed E-state index contributed by atoms with van der Waals surface area (Å²) in [4.78, 5) is 56.4. The van der Waals surface area contributed by atoms with Gasteiger partial charge in [0.05, 0.1) is 30.5 Å². The number of aliphatic hydroxyl groups is 1. The van der Waals surface area contributed by atoms with Crippen molar-refractivity contribution < 1.29 is 33.8 Å². The Morgan fingerprint density at radius 2 is 1.55 bits per heavy atom. The molecule has 3 amide bonds. The van der Waals surface area contributed by atoms with Crippen LogP contribution in [0.4, 0.5) is 0 Å². The van der Waals surface area contributed by atoms with Crippen LogP contribution >= 0.6 is 33.9 Å². The minimum absolute atomic E-state index is 0.126. The molecule has 208 valence electrons. The maximum Gasteiger partial charge on any atom is 0.263 e. The molecular weight excluding hydrogens is 627 g/mol. The average molecular weight is 661 g/mol. The molecule has 0 saturated carbocycles. The van der Waals surface area contributed by atoms with E-state index in [4.69, 9.17) is 9.47 Å². The monoisotopic (exact) mass is 660 g/mol. The molecule has 4 N–H and O–H groups in total. The number of hydrogen-bond donors (Lipinski definition) is 4. The number of hydrogen-bond acceptors (Lipinski definition) is 9. The summed E-state index contributed by atoms with van der Waals surface area (Å²) < 4.78 is 10.3. The molecule has 0 aliphatic rings. The van der Waals surface area contributed by atoms with Crippen LogP contribution in [0.1, 0.15) is 27.2 Å². The van der Waals surface area contributed by atoms with Gasteiger partial charge in [-0.05, 0) is 25.8 Å². The fourth-order valence-corrected chi connectivity index (χ4v) is 4.50. The van der Waals surface area contributed by atoms with E-state index in [1.165, 1.54) is 38.7 Å².